The van der Waals surface area contributed by atoms with Gasteiger partial charge >= 0.3 is 0 Å². The summed E-state index contributed by atoms with van der Waals surface area (Å²) in [5, 5.41) is 7.64. The first-order valence-electron chi connectivity index (χ1n) is 10.9. The van der Waals surface area contributed by atoms with Gasteiger partial charge in [-0.2, -0.15) is 0 Å². The van der Waals surface area contributed by atoms with Crippen LogP contribution in [0.5, 0.6) is 0 Å². The predicted octanol–water partition coefficient (Wildman–Crippen LogP) is 4.01. The SMILES string of the molecule is CCN(CC)C(=O)c1cccc(NC(=O)[C@H](C)NC(=O)Cc2cccc3ccccc23)c1. The molecule has 3 aromatic rings. The van der Waals surface area contributed by atoms with Crippen molar-refractivity contribution < 1.29 is 14.4 Å². The standard InChI is InChI=1S/C26H29N3O3/c1-4-29(5-2)26(32)21-13-9-14-22(16-21)28-25(31)18(3)27-24(30)17-20-12-8-11-19-10-6-7-15-23(19)20/h6-16,18H,4-5,17H2,1-3H3,(H,27,30)(H,28,31)/t18-/m0/s1. The van der Waals surface area contributed by atoms with E-state index >= 15 is 0 Å². The zero-order valence-corrected chi connectivity index (χ0v) is 18.7. The molecule has 0 bridgehead atoms. The van der Waals surface area contributed by atoms with Gasteiger partial charge in [0.1, 0.15) is 6.04 Å². The highest BCUT2D eigenvalue weighted by Crippen LogP contribution is 2.19. The summed E-state index contributed by atoms with van der Waals surface area (Å²) in [6.07, 6.45) is 0.187. The zero-order chi connectivity index (χ0) is 23.1. The van der Waals surface area contributed by atoms with Gasteiger partial charge in [0.05, 0.1) is 6.42 Å². The van der Waals surface area contributed by atoms with Crippen molar-refractivity contribution >= 4 is 34.2 Å². The number of nitrogens with zero attached hydrogens (tertiary/aromatic N) is 1. The van der Waals surface area contributed by atoms with E-state index in [1.807, 2.05) is 56.3 Å². The van der Waals surface area contributed by atoms with Crippen molar-refractivity contribution in [1.82, 2.24) is 10.2 Å². The van der Waals surface area contributed by atoms with Gasteiger partial charge in [-0.25, -0.2) is 0 Å². The molecule has 0 radical (unpaired) electrons. The summed E-state index contributed by atoms with van der Waals surface area (Å²) in [5.41, 5.74) is 1.94. The normalized spacial score (nSPS) is 11.6. The summed E-state index contributed by atoms with van der Waals surface area (Å²) < 4.78 is 0. The number of amides is 3. The minimum Gasteiger partial charge on any atom is -0.344 e. The van der Waals surface area contributed by atoms with E-state index in [0.29, 0.717) is 24.3 Å². The van der Waals surface area contributed by atoms with E-state index in [9.17, 15) is 14.4 Å². The van der Waals surface area contributed by atoms with Crippen LogP contribution < -0.4 is 10.6 Å². The van der Waals surface area contributed by atoms with E-state index in [2.05, 4.69) is 10.6 Å². The van der Waals surface area contributed by atoms with Crippen LogP contribution in [0.3, 0.4) is 0 Å². The van der Waals surface area contributed by atoms with Crippen LogP contribution in [-0.4, -0.2) is 41.8 Å². The molecule has 0 heterocycles. The van der Waals surface area contributed by atoms with Crippen LogP contribution in [0.15, 0.2) is 66.7 Å². The number of hydrogen-bond acceptors (Lipinski definition) is 3. The molecule has 0 aliphatic rings. The monoisotopic (exact) mass is 431 g/mol. The highest BCUT2D eigenvalue weighted by Gasteiger charge is 2.18. The Bertz CT molecular complexity index is 1120. The second-order valence-electron chi connectivity index (χ2n) is 7.65. The van der Waals surface area contributed by atoms with E-state index in [-0.39, 0.29) is 24.1 Å². The Labute approximate surface area is 188 Å². The molecule has 0 saturated heterocycles. The molecule has 166 valence electrons. The predicted molar refractivity (Wildman–Crippen MR) is 128 cm³/mol. The highest BCUT2D eigenvalue weighted by molar-refractivity contribution is 6.00. The number of carbonyl (C=O) groups excluding carboxylic acids is 3. The summed E-state index contributed by atoms with van der Waals surface area (Å²) >= 11 is 0. The van der Waals surface area contributed by atoms with Crippen LogP contribution >= 0.6 is 0 Å². The van der Waals surface area contributed by atoms with E-state index in [0.717, 1.165) is 16.3 Å². The third kappa shape index (κ3) is 5.52. The molecule has 0 fully saturated rings. The van der Waals surface area contributed by atoms with Crippen LogP contribution in [0.4, 0.5) is 5.69 Å². The Morgan fingerprint density at radius 1 is 0.906 bits per heavy atom. The first kappa shape index (κ1) is 23.0. The highest BCUT2D eigenvalue weighted by atomic mass is 16.2. The summed E-state index contributed by atoms with van der Waals surface area (Å²) in [7, 11) is 0. The average molecular weight is 432 g/mol. The molecule has 6 nitrogen and oxygen atoms in total. The molecule has 0 aromatic heterocycles. The minimum absolute atomic E-state index is 0.0810. The topological polar surface area (TPSA) is 78.5 Å². The van der Waals surface area contributed by atoms with Gasteiger partial charge in [-0.15, -0.1) is 0 Å². The van der Waals surface area contributed by atoms with E-state index in [1.165, 1.54) is 0 Å². The van der Waals surface area contributed by atoms with E-state index < -0.39 is 6.04 Å². The van der Waals surface area contributed by atoms with Gasteiger partial charge < -0.3 is 15.5 Å². The molecule has 6 heteroatoms. The van der Waals surface area contributed by atoms with Crippen molar-refractivity contribution in [2.45, 2.75) is 33.2 Å². The van der Waals surface area contributed by atoms with Gasteiger partial charge in [-0.3, -0.25) is 14.4 Å². The van der Waals surface area contributed by atoms with Gasteiger partial charge in [-0.05, 0) is 55.3 Å². The Morgan fingerprint density at radius 2 is 1.59 bits per heavy atom. The fourth-order valence-electron chi connectivity index (χ4n) is 3.65. The molecule has 3 amide bonds. The largest absolute Gasteiger partial charge is 0.344 e. The molecule has 0 aliphatic carbocycles. The van der Waals surface area contributed by atoms with Crippen molar-refractivity contribution in [3.05, 3.63) is 77.9 Å². The maximum Gasteiger partial charge on any atom is 0.253 e. The van der Waals surface area contributed by atoms with Crippen LogP contribution in [0.1, 0.15) is 36.7 Å². The average Bonchev–Trinajstić information content (AvgIpc) is 2.80. The van der Waals surface area contributed by atoms with Gasteiger partial charge in [0, 0.05) is 24.3 Å². The third-order valence-electron chi connectivity index (χ3n) is 5.43. The lowest BCUT2D eigenvalue weighted by atomic mass is 10.0. The van der Waals surface area contributed by atoms with Crippen LogP contribution in [-0.2, 0) is 16.0 Å². The van der Waals surface area contributed by atoms with Crippen molar-refractivity contribution in [2.24, 2.45) is 0 Å². The first-order chi connectivity index (χ1) is 15.4. The number of anilines is 1. The molecule has 3 aromatic carbocycles. The molecule has 2 N–H and O–H groups in total. The Balaban J connectivity index is 1.62. The fraction of sp³-hybridized carbons (Fsp3) is 0.269. The molecule has 0 unspecified atom stereocenters. The number of benzene rings is 3. The first-order valence-corrected chi connectivity index (χ1v) is 10.9. The third-order valence-corrected chi connectivity index (χ3v) is 5.43. The second-order valence-corrected chi connectivity index (χ2v) is 7.65. The molecule has 1 atom stereocenters. The van der Waals surface area contributed by atoms with Crippen LogP contribution in [0.2, 0.25) is 0 Å². The number of rotatable bonds is 8. The van der Waals surface area contributed by atoms with Gasteiger partial charge in [0.25, 0.3) is 5.91 Å². The molecule has 0 saturated carbocycles. The van der Waals surface area contributed by atoms with Gasteiger partial charge in [-0.1, -0.05) is 48.5 Å². The molecule has 0 aliphatic heterocycles. The molecule has 0 spiro atoms. The van der Waals surface area contributed by atoms with Crippen molar-refractivity contribution in [1.29, 1.82) is 0 Å². The number of nitrogens with one attached hydrogen (secondary N) is 2. The van der Waals surface area contributed by atoms with Crippen molar-refractivity contribution in [3.8, 4) is 0 Å². The quantitative estimate of drug-likeness (QED) is 0.566. The number of fused-ring (bicyclic) bond motifs is 1. The Morgan fingerprint density at radius 3 is 2.34 bits per heavy atom. The van der Waals surface area contributed by atoms with Gasteiger partial charge in [0.15, 0.2) is 0 Å². The fourth-order valence-corrected chi connectivity index (χ4v) is 3.65. The summed E-state index contributed by atoms with van der Waals surface area (Å²) in [6.45, 7) is 6.73. The van der Waals surface area contributed by atoms with E-state index in [4.69, 9.17) is 0 Å². The summed E-state index contributed by atoms with van der Waals surface area (Å²) in [6, 6.07) is 19.9. The summed E-state index contributed by atoms with van der Waals surface area (Å²) in [5.74, 6) is -0.652. The maximum absolute atomic E-state index is 12.6. The molecular formula is C26H29N3O3. The Hall–Kier alpha value is -3.67. The lowest BCUT2D eigenvalue weighted by Gasteiger charge is -2.19. The van der Waals surface area contributed by atoms with Crippen LogP contribution in [0, 0.1) is 0 Å². The lowest BCUT2D eigenvalue weighted by molar-refractivity contribution is -0.125. The molecular weight excluding hydrogens is 402 g/mol. The van der Waals surface area contributed by atoms with Crippen molar-refractivity contribution in [2.75, 3.05) is 18.4 Å². The van der Waals surface area contributed by atoms with Crippen LogP contribution in [0.25, 0.3) is 10.8 Å². The Kier molecular flexibility index (Phi) is 7.60. The van der Waals surface area contributed by atoms with E-state index in [1.54, 1.807) is 36.1 Å². The number of carbonyl (C=O) groups is 3. The smallest absolute Gasteiger partial charge is 0.253 e. The second kappa shape index (κ2) is 10.6. The maximum atomic E-state index is 12.6. The summed E-state index contributed by atoms with van der Waals surface area (Å²) in [4.78, 5) is 39.5. The number of hydrogen-bond donors (Lipinski definition) is 2. The molecule has 3 rings (SSSR count). The molecule has 32 heavy (non-hydrogen) atoms. The lowest BCUT2D eigenvalue weighted by Crippen LogP contribution is -2.42. The minimum atomic E-state index is -0.723. The van der Waals surface area contributed by atoms with Crippen molar-refractivity contribution in [3.63, 3.8) is 0 Å². The van der Waals surface area contributed by atoms with Gasteiger partial charge in [0.2, 0.25) is 11.8 Å². The zero-order valence-electron chi connectivity index (χ0n) is 18.7.